The Balaban J connectivity index is 2.04. The molecular weight excluding hydrogens is 228 g/mol. The molecule has 1 aliphatic heterocycles. The summed E-state index contributed by atoms with van der Waals surface area (Å²) in [4.78, 5) is 11.7. The van der Waals surface area contributed by atoms with Gasteiger partial charge in [0, 0.05) is 17.9 Å². The first-order valence-corrected chi connectivity index (χ1v) is 6.71. The maximum atomic E-state index is 11.7. The molecule has 98 valence electrons. The van der Waals surface area contributed by atoms with Gasteiger partial charge < -0.3 is 9.84 Å². The molecule has 18 heavy (non-hydrogen) atoms. The third-order valence-electron chi connectivity index (χ3n) is 4.96. The zero-order valence-corrected chi connectivity index (χ0v) is 11.2. The van der Waals surface area contributed by atoms with E-state index in [1.165, 1.54) is 11.1 Å². The summed E-state index contributed by atoms with van der Waals surface area (Å²) in [5.41, 5.74) is 3.94. The monoisotopic (exact) mass is 248 g/mol. The highest BCUT2D eigenvalue weighted by Crippen LogP contribution is 2.49. The van der Waals surface area contributed by atoms with E-state index in [2.05, 4.69) is 6.92 Å². The molecule has 0 aromatic heterocycles. The zero-order valence-electron chi connectivity index (χ0n) is 11.2. The highest BCUT2D eigenvalue weighted by molar-refractivity contribution is 5.91. The lowest BCUT2D eigenvalue weighted by Gasteiger charge is -2.26. The van der Waals surface area contributed by atoms with Crippen molar-refractivity contribution in [2.75, 3.05) is 0 Å². The van der Waals surface area contributed by atoms with Gasteiger partial charge in [-0.2, -0.15) is 0 Å². The summed E-state index contributed by atoms with van der Waals surface area (Å²) in [6.45, 7) is 5.89. The van der Waals surface area contributed by atoms with Crippen LogP contribution in [-0.2, 0) is 9.53 Å². The number of esters is 1. The van der Waals surface area contributed by atoms with E-state index in [1.807, 2.05) is 13.8 Å². The van der Waals surface area contributed by atoms with Gasteiger partial charge in [-0.1, -0.05) is 11.1 Å². The first-order chi connectivity index (χ1) is 8.40. The summed E-state index contributed by atoms with van der Waals surface area (Å²) < 4.78 is 5.43. The van der Waals surface area contributed by atoms with E-state index < -0.39 is 5.60 Å². The molecule has 3 aliphatic rings. The number of carbonyl (C=O) groups excluding carboxylic acids is 1. The number of hydrogen-bond acceptors (Lipinski definition) is 3. The second-order valence-electron chi connectivity index (χ2n) is 6.17. The van der Waals surface area contributed by atoms with Crippen LogP contribution in [0.4, 0.5) is 0 Å². The van der Waals surface area contributed by atoms with Crippen LogP contribution in [0.3, 0.4) is 0 Å². The highest BCUT2D eigenvalue weighted by atomic mass is 16.5. The molecule has 3 atom stereocenters. The molecule has 0 bridgehead atoms. The van der Waals surface area contributed by atoms with Gasteiger partial charge in [0.05, 0.1) is 5.60 Å². The maximum Gasteiger partial charge on any atom is 0.334 e. The van der Waals surface area contributed by atoms with Crippen LogP contribution in [0.25, 0.3) is 0 Å². The molecule has 0 amide bonds. The van der Waals surface area contributed by atoms with E-state index in [0.717, 1.165) is 36.8 Å². The molecule has 3 heteroatoms. The summed E-state index contributed by atoms with van der Waals surface area (Å²) in [6, 6.07) is 0. The van der Waals surface area contributed by atoms with E-state index in [4.69, 9.17) is 4.74 Å². The molecule has 0 radical (unpaired) electrons. The van der Waals surface area contributed by atoms with Crippen LogP contribution in [0.1, 0.15) is 46.5 Å². The molecule has 1 N–H and O–H groups in total. The van der Waals surface area contributed by atoms with Gasteiger partial charge in [0.2, 0.25) is 0 Å². The number of ether oxygens (including phenoxy) is 1. The summed E-state index contributed by atoms with van der Waals surface area (Å²) in [5.74, 6) is -0.00848. The fourth-order valence-corrected chi connectivity index (χ4v) is 3.71. The Morgan fingerprint density at radius 2 is 2.00 bits per heavy atom. The van der Waals surface area contributed by atoms with Crippen LogP contribution in [0.15, 0.2) is 22.3 Å². The van der Waals surface area contributed by atoms with Crippen LogP contribution in [0.2, 0.25) is 0 Å². The maximum absolute atomic E-state index is 11.7. The lowest BCUT2D eigenvalue weighted by atomic mass is 9.84. The first-order valence-electron chi connectivity index (χ1n) is 6.71. The molecule has 1 fully saturated rings. The molecule has 0 spiro atoms. The first kappa shape index (κ1) is 12.0. The molecule has 2 aliphatic carbocycles. The highest BCUT2D eigenvalue weighted by Gasteiger charge is 2.46. The van der Waals surface area contributed by atoms with Crippen molar-refractivity contribution >= 4 is 5.97 Å². The average molecular weight is 248 g/mol. The molecule has 1 saturated carbocycles. The molecule has 0 aromatic carbocycles. The molecular formula is C15H20O3. The number of fused-ring (bicyclic) bond motifs is 2. The standard InChI is InChI=1S/C15H20O3/c1-8-6-13-11(9(2)14(16)18-13)7-12-10(8)4-5-15(12,3)17/h12-13,17H,4-7H2,1-3H3. The van der Waals surface area contributed by atoms with Gasteiger partial charge in [-0.3, -0.25) is 0 Å². The quantitative estimate of drug-likeness (QED) is 0.529. The Hall–Kier alpha value is -1.09. The Bertz CT molecular complexity index is 482. The van der Waals surface area contributed by atoms with E-state index in [0.29, 0.717) is 0 Å². The SMILES string of the molecule is CC1=C2CCC(C)(O)C2CC2=C(C)C(=O)OC2C1. The van der Waals surface area contributed by atoms with Crippen LogP contribution in [-0.4, -0.2) is 22.8 Å². The van der Waals surface area contributed by atoms with E-state index in [9.17, 15) is 9.90 Å². The minimum atomic E-state index is -0.635. The van der Waals surface area contributed by atoms with Gasteiger partial charge in [0.25, 0.3) is 0 Å². The van der Waals surface area contributed by atoms with Crippen molar-refractivity contribution in [1.29, 1.82) is 0 Å². The normalized spacial score (nSPS) is 39.7. The van der Waals surface area contributed by atoms with Crippen molar-refractivity contribution in [1.82, 2.24) is 0 Å². The summed E-state index contributed by atoms with van der Waals surface area (Å²) in [5, 5.41) is 10.5. The van der Waals surface area contributed by atoms with Crippen molar-refractivity contribution < 1.29 is 14.6 Å². The van der Waals surface area contributed by atoms with Crippen LogP contribution in [0, 0.1) is 5.92 Å². The predicted octanol–water partition coefficient (Wildman–Crippen LogP) is 2.50. The molecule has 3 nitrogen and oxygen atoms in total. The van der Waals surface area contributed by atoms with Crippen LogP contribution >= 0.6 is 0 Å². The van der Waals surface area contributed by atoms with Crippen molar-refractivity contribution in [2.45, 2.75) is 58.2 Å². The van der Waals surface area contributed by atoms with Crippen molar-refractivity contribution in [3.63, 3.8) is 0 Å². The topological polar surface area (TPSA) is 46.5 Å². The van der Waals surface area contributed by atoms with Gasteiger partial charge in [-0.15, -0.1) is 0 Å². The largest absolute Gasteiger partial charge is 0.454 e. The second-order valence-corrected chi connectivity index (χ2v) is 6.17. The van der Waals surface area contributed by atoms with Gasteiger partial charge in [0.1, 0.15) is 6.10 Å². The molecule has 0 saturated heterocycles. The van der Waals surface area contributed by atoms with E-state index in [1.54, 1.807) is 0 Å². The fourth-order valence-electron chi connectivity index (χ4n) is 3.71. The second kappa shape index (κ2) is 3.70. The third-order valence-corrected chi connectivity index (χ3v) is 4.96. The van der Waals surface area contributed by atoms with Gasteiger partial charge in [-0.05, 0) is 45.6 Å². The van der Waals surface area contributed by atoms with Gasteiger partial charge >= 0.3 is 5.97 Å². The number of carbonyl (C=O) groups is 1. The smallest absolute Gasteiger partial charge is 0.334 e. The number of rotatable bonds is 0. The fraction of sp³-hybridized carbons (Fsp3) is 0.667. The Labute approximate surface area is 108 Å². The average Bonchev–Trinajstić information content (AvgIpc) is 2.65. The zero-order chi connectivity index (χ0) is 13.1. The van der Waals surface area contributed by atoms with Crippen molar-refractivity contribution in [2.24, 2.45) is 5.92 Å². The third kappa shape index (κ3) is 1.57. The van der Waals surface area contributed by atoms with Crippen molar-refractivity contribution in [3.05, 3.63) is 22.3 Å². The molecule has 3 rings (SSSR count). The predicted molar refractivity (Wildman–Crippen MR) is 67.9 cm³/mol. The van der Waals surface area contributed by atoms with E-state index >= 15 is 0 Å². The van der Waals surface area contributed by atoms with Crippen LogP contribution in [0.5, 0.6) is 0 Å². The number of aliphatic hydroxyl groups is 1. The summed E-state index contributed by atoms with van der Waals surface area (Å²) >= 11 is 0. The lowest BCUT2D eigenvalue weighted by molar-refractivity contribution is -0.139. The Morgan fingerprint density at radius 1 is 1.28 bits per heavy atom. The minimum absolute atomic E-state index is 0.0774. The lowest BCUT2D eigenvalue weighted by Crippen LogP contribution is -2.30. The molecule has 0 aromatic rings. The van der Waals surface area contributed by atoms with Crippen LogP contribution < -0.4 is 0 Å². The minimum Gasteiger partial charge on any atom is -0.454 e. The molecule has 1 heterocycles. The Kier molecular flexibility index (Phi) is 2.46. The Morgan fingerprint density at radius 3 is 2.72 bits per heavy atom. The summed E-state index contributed by atoms with van der Waals surface area (Å²) in [6.07, 6.45) is 3.32. The van der Waals surface area contributed by atoms with Gasteiger partial charge in [0.15, 0.2) is 0 Å². The molecule has 3 unspecified atom stereocenters. The number of hydrogen-bond donors (Lipinski definition) is 1. The summed E-state index contributed by atoms with van der Waals surface area (Å²) in [7, 11) is 0. The van der Waals surface area contributed by atoms with Crippen molar-refractivity contribution in [3.8, 4) is 0 Å². The van der Waals surface area contributed by atoms with E-state index in [-0.39, 0.29) is 18.0 Å². The van der Waals surface area contributed by atoms with Gasteiger partial charge in [-0.25, -0.2) is 4.79 Å².